The molecule has 0 bridgehead atoms. The number of nitrogens with one attached hydrogen (secondary N) is 2. The Morgan fingerprint density at radius 3 is 1.94 bits per heavy atom. The van der Waals surface area contributed by atoms with Gasteiger partial charge in [-0.15, -0.1) is 0 Å². The van der Waals surface area contributed by atoms with Gasteiger partial charge >= 0.3 is 12.3 Å². The molecular weight excluding hydrogens is 657 g/mol. The molecule has 3 aromatic rings. The zero-order valence-electron chi connectivity index (χ0n) is 29.0. The second-order valence-electron chi connectivity index (χ2n) is 13.3. The van der Waals surface area contributed by atoms with Gasteiger partial charge in [-0.2, -0.15) is 18.2 Å². The number of hydrogen-bond acceptors (Lipinski definition) is 10. The Hall–Kier alpha value is -5.15. The van der Waals surface area contributed by atoms with Gasteiger partial charge in [0.2, 0.25) is 11.9 Å². The number of hydrogen-bond donors (Lipinski definition) is 3. The van der Waals surface area contributed by atoms with Gasteiger partial charge in [0.1, 0.15) is 22.9 Å². The van der Waals surface area contributed by atoms with Crippen LogP contribution in [-0.4, -0.2) is 103 Å². The van der Waals surface area contributed by atoms with Crippen molar-refractivity contribution < 1.29 is 37.3 Å². The topological polar surface area (TPSA) is 136 Å². The van der Waals surface area contributed by atoms with Crippen molar-refractivity contribution in [2.45, 2.75) is 39.9 Å². The van der Waals surface area contributed by atoms with Crippen molar-refractivity contribution in [1.29, 1.82) is 0 Å². The Bertz CT molecular complexity index is 1710. The van der Waals surface area contributed by atoms with Gasteiger partial charge in [0, 0.05) is 82.4 Å². The first kappa shape index (κ1) is 36.1. The lowest BCUT2D eigenvalue weighted by Crippen LogP contribution is -2.59. The smallest absolute Gasteiger partial charge is 0.421 e. The molecule has 16 heteroatoms. The van der Waals surface area contributed by atoms with Gasteiger partial charge in [-0.1, -0.05) is 20.8 Å². The molecule has 2 aromatic carbocycles. The highest BCUT2D eigenvalue weighted by atomic mass is 19.4. The molecule has 0 radical (unpaired) electrons. The molecule has 270 valence electrons. The van der Waals surface area contributed by atoms with Crippen LogP contribution in [0.1, 0.15) is 33.3 Å². The predicted octanol–water partition coefficient (Wildman–Crippen LogP) is 5.88. The molecule has 13 nitrogen and oxygen atoms in total. The van der Waals surface area contributed by atoms with Crippen LogP contribution < -0.4 is 29.9 Å². The van der Waals surface area contributed by atoms with E-state index in [1.165, 1.54) is 19.1 Å². The Balaban J connectivity index is 1.38. The molecule has 3 heterocycles. The highest BCUT2D eigenvalue weighted by Gasteiger charge is 2.39. The molecule has 1 unspecified atom stereocenters. The summed E-state index contributed by atoms with van der Waals surface area (Å²) >= 11 is 0. The van der Waals surface area contributed by atoms with Crippen molar-refractivity contribution in [2.75, 3.05) is 80.5 Å². The first-order valence-corrected chi connectivity index (χ1v) is 16.2. The lowest BCUT2D eigenvalue weighted by atomic mass is 9.84. The number of piperazine rings is 2. The van der Waals surface area contributed by atoms with Crippen molar-refractivity contribution in [3.05, 3.63) is 48.2 Å². The van der Waals surface area contributed by atoms with Crippen molar-refractivity contribution in [1.82, 2.24) is 19.8 Å². The highest BCUT2D eigenvalue weighted by molar-refractivity contribution is 5.75. The van der Waals surface area contributed by atoms with E-state index in [9.17, 15) is 27.9 Å². The fraction of sp³-hybridized carbons (Fsp3) is 0.471. The van der Waals surface area contributed by atoms with E-state index in [1.54, 1.807) is 36.1 Å². The minimum Gasteiger partial charge on any atom is -0.494 e. The first-order chi connectivity index (χ1) is 23.6. The summed E-state index contributed by atoms with van der Waals surface area (Å²) in [4.78, 5) is 39.2. The van der Waals surface area contributed by atoms with Crippen molar-refractivity contribution >= 4 is 46.5 Å². The number of amides is 2. The summed E-state index contributed by atoms with van der Waals surface area (Å²) in [5.41, 5.74) is 0.911. The van der Waals surface area contributed by atoms with E-state index in [0.717, 1.165) is 11.4 Å². The zero-order valence-corrected chi connectivity index (χ0v) is 29.0. The minimum absolute atomic E-state index is 0.0325. The number of methoxy groups -OCH3 is 2. The summed E-state index contributed by atoms with van der Waals surface area (Å²) in [5.74, 6) is 0.164. The number of halogens is 3. The van der Waals surface area contributed by atoms with Gasteiger partial charge in [0.15, 0.2) is 0 Å². The molecule has 2 aliphatic rings. The number of anilines is 6. The molecule has 5 rings (SSSR count). The monoisotopic (exact) mass is 700 g/mol. The predicted molar refractivity (Wildman–Crippen MR) is 184 cm³/mol. The Kier molecular flexibility index (Phi) is 10.4. The van der Waals surface area contributed by atoms with Gasteiger partial charge in [0.05, 0.1) is 31.6 Å². The molecule has 0 aliphatic carbocycles. The summed E-state index contributed by atoms with van der Waals surface area (Å²) < 4.78 is 53.7. The number of nitrogens with zero attached hydrogens (tertiary/aromatic N) is 6. The molecule has 2 amide bonds. The number of alkyl halides is 3. The Labute approximate surface area is 289 Å². The van der Waals surface area contributed by atoms with E-state index in [1.807, 2.05) is 37.8 Å². The fourth-order valence-electron chi connectivity index (χ4n) is 6.22. The third kappa shape index (κ3) is 8.00. The number of benzene rings is 2. The largest absolute Gasteiger partial charge is 0.494 e. The zero-order chi connectivity index (χ0) is 36.4. The van der Waals surface area contributed by atoms with Crippen LogP contribution in [0.25, 0.3) is 0 Å². The van der Waals surface area contributed by atoms with Gasteiger partial charge in [-0.05, 0) is 29.7 Å². The molecule has 2 fully saturated rings. The Morgan fingerprint density at radius 2 is 1.42 bits per heavy atom. The second kappa shape index (κ2) is 14.4. The summed E-state index contributed by atoms with van der Waals surface area (Å²) in [7, 11) is 2.91. The van der Waals surface area contributed by atoms with Crippen molar-refractivity contribution in [3.63, 3.8) is 0 Å². The summed E-state index contributed by atoms with van der Waals surface area (Å²) in [5, 5.41) is 15.5. The third-order valence-electron chi connectivity index (χ3n) is 9.04. The quantitative estimate of drug-likeness (QED) is 0.260. The maximum Gasteiger partial charge on any atom is 0.421 e. The maximum absolute atomic E-state index is 14.2. The fourth-order valence-corrected chi connectivity index (χ4v) is 6.22. The molecule has 3 N–H and O–H groups in total. The molecule has 50 heavy (non-hydrogen) atoms. The molecule has 2 aliphatic heterocycles. The van der Waals surface area contributed by atoms with Gasteiger partial charge in [-0.3, -0.25) is 4.79 Å². The van der Waals surface area contributed by atoms with Crippen LogP contribution in [0.5, 0.6) is 11.5 Å². The summed E-state index contributed by atoms with van der Waals surface area (Å²) in [6.45, 7) is 11.2. The number of ether oxygens (including phenoxy) is 2. The number of carbonyl (C=O) groups excluding carboxylic acids is 1. The lowest BCUT2D eigenvalue weighted by molar-refractivity contribution is -0.137. The van der Waals surface area contributed by atoms with E-state index < -0.39 is 23.7 Å². The highest BCUT2D eigenvalue weighted by Crippen LogP contribution is 2.40. The molecule has 2 saturated heterocycles. The van der Waals surface area contributed by atoms with Crippen LogP contribution >= 0.6 is 0 Å². The van der Waals surface area contributed by atoms with Crippen LogP contribution in [0.15, 0.2) is 42.6 Å². The molecule has 1 atom stereocenters. The van der Waals surface area contributed by atoms with Crippen LogP contribution in [-0.2, 0) is 11.0 Å². The van der Waals surface area contributed by atoms with Crippen molar-refractivity contribution in [3.8, 4) is 11.5 Å². The maximum atomic E-state index is 14.2. The van der Waals surface area contributed by atoms with E-state index in [4.69, 9.17) is 9.47 Å². The van der Waals surface area contributed by atoms with Gasteiger partial charge < -0.3 is 44.8 Å². The van der Waals surface area contributed by atoms with E-state index >= 15 is 0 Å². The Morgan fingerprint density at radius 1 is 0.860 bits per heavy atom. The standard InChI is InChI=1S/C34H43F3N8O5/c1-21(46)42-11-13-43(14-12-42)22-7-10-26(28(17-22)50-6)40-31-38-19-24(34(35,36)37)30(41-31)39-25-9-8-23(18-27(25)49-5)44-15-16-45(32(47)48)29(20-44)33(2,3)4/h7-10,17-19,29H,11-16,20H2,1-6H3,(H,47,48)(H2,38,39,40,41). The average Bonchev–Trinajstić information content (AvgIpc) is 3.07. The van der Waals surface area contributed by atoms with Gasteiger partial charge in [-0.25, -0.2) is 9.78 Å². The summed E-state index contributed by atoms with van der Waals surface area (Å²) in [6.07, 6.45) is -5.02. The third-order valence-corrected chi connectivity index (χ3v) is 9.04. The van der Waals surface area contributed by atoms with Gasteiger partial charge in [0.25, 0.3) is 0 Å². The number of carbonyl (C=O) groups is 2. The molecular formula is C34H43F3N8O5. The summed E-state index contributed by atoms with van der Waals surface area (Å²) in [6, 6.07) is 10.2. The van der Waals surface area contributed by atoms with E-state index in [2.05, 4.69) is 25.5 Å². The van der Waals surface area contributed by atoms with Crippen LogP contribution in [0.3, 0.4) is 0 Å². The molecule has 0 saturated carbocycles. The molecule has 1 aromatic heterocycles. The van der Waals surface area contributed by atoms with Crippen molar-refractivity contribution in [2.24, 2.45) is 5.41 Å². The van der Waals surface area contributed by atoms with E-state index in [0.29, 0.717) is 63.4 Å². The number of carboxylic acid groups (broad SMARTS) is 1. The van der Waals surface area contributed by atoms with Crippen LogP contribution in [0.4, 0.5) is 52.5 Å². The van der Waals surface area contributed by atoms with E-state index in [-0.39, 0.29) is 34.7 Å². The second-order valence-corrected chi connectivity index (χ2v) is 13.3. The lowest BCUT2D eigenvalue weighted by Gasteiger charge is -2.46. The average molecular weight is 701 g/mol. The number of aromatic nitrogens is 2. The first-order valence-electron chi connectivity index (χ1n) is 16.2. The SMILES string of the molecule is COc1cc(N2CCN(C(C)=O)CC2)ccc1Nc1ncc(C(F)(F)F)c(Nc2ccc(N3CCN(C(=O)O)C(C(C)(C)C)C3)cc2OC)n1. The van der Waals surface area contributed by atoms with Crippen LogP contribution in [0, 0.1) is 5.41 Å². The minimum atomic E-state index is -4.76. The number of rotatable bonds is 8. The van der Waals surface area contributed by atoms with Crippen LogP contribution in [0.2, 0.25) is 0 Å². The molecule has 0 spiro atoms. The normalized spacial score (nSPS) is 17.0.